The minimum Gasteiger partial charge on any atom is -0.0654 e. The van der Waals surface area contributed by atoms with Crippen molar-refractivity contribution in [3.8, 4) is 0 Å². The number of hydrogen-bond donors (Lipinski definition) is 0. The van der Waals surface area contributed by atoms with Crippen molar-refractivity contribution in [2.24, 2.45) is 0 Å². The summed E-state index contributed by atoms with van der Waals surface area (Å²) in [5.41, 5.74) is 21.2. The molecule has 2 aromatic rings. The second-order valence-electron chi connectivity index (χ2n) is 25.2. The standard InChI is InChI=1S/C31H42N2.2C23H47.Ni/c1-5-8-11-12-21-29-28(20-10-7-3)30(26-18-13-15-24(4)22-26)33(32)31(29)27-19-14-17-25(23-27)16-9-6-2;2*1-3-5-7-9-11-13-15-17-19-21-23-22-20-18-16-14-12-10-8-6-4-2;/h13-15,17-19,22-23H,5-12,16,20-21H2,1-4H3;2*1,3-23H2,2H3;. The number of allylic oxidation sites excluding steroid dienone is 2. The van der Waals surface area contributed by atoms with Crippen molar-refractivity contribution < 1.29 is 19.1 Å². The molecule has 1 aliphatic rings. The van der Waals surface area contributed by atoms with Gasteiger partial charge in [0.1, 0.15) is 0 Å². The number of unbranched alkanes of at least 4 members (excludes halogenated alkanes) is 45. The molecule has 2 nitrogen and oxygen atoms in total. The van der Waals surface area contributed by atoms with E-state index in [4.69, 9.17) is 0 Å². The van der Waals surface area contributed by atoms with E-state index in [1.54, 1.807) is 0 Å². The predicted octanol–water partition coefficient (Wildman–Crippen LogP) is 28.0. The average molecular weight is 1150 g/mol. The maximum atomic E-state index is 11.7. The third-order valence-electron chi connectivity index (χ3n) is 17.4. The average Bonchev–Trinajstić information content (AvgIpc) is 3.99. The van der Waals surface area contributed by atoms with Crippen LogP contribution in [-0.2, 0) is 20.9 Å². The third-order valence-corrected chi connectivity index (χ3v) is 18.8. The van der Waals surface area contributed by atoms with E-state index >= 15 is 0 Å². The molecule has 0 aromatic heterocycles. The number of rotatable bonds is 57. The van der Waals surface area contributed by atoms with E-state index in [1.165, 1.54) is 346 Å². The van der Waals surface area contributed by atoms with Crippen LogP contribution in [0.4, 0.5) is 0 Å². The third kappa shape index (κ3) is 39.5. The summed E-state index contributed by atoms with van der Waals surface area (Å²) in [5.74, 6) is 0. The Labute approximate surface area is 507 Å². The van der Waals surface area contributed by atoms with Crippen LogP contribution < -0.4 is 0 Å². The molecule has 1 aliphatic heterocycles. The van der Waals surface area contributed by atoms with Crippen LogP contribution in [0.15, 0.2) is 59.7 Å². The van der Waals surface area contributed by atoms with Gasteiger partial charge < -0.3 is 5.53 Å². The molecular formula is C77H136N2Ni. The van der Waals surface area contributed by atoms with E-state index in [-0.39, 0.29) is 0 Å². The Bertz CT molecular complexity index is 1710. The number of aryl methyl sites for hydroxylation is 2. The fourth-order valence-electron chi connectivity index (χ4n) is 12.2. The van der Waals surface area contributed by atoms with Gasteiger partial charge in [-0.2, -0.15) is 0 Å². The molecular weight excluding hydrogens is 1010 g/mol. The molecule has 0 unspecified atom stereocenters. The number of nitrogens with zero attached hydrogens (tertiary/aromatic N) is 2. The molecule has 0 spiro atoms. The minimum absolute atomic E-state index is 0.992. The van der Waals surface area contributed by atoms with E-state index in [0.29, 0.717) is 0 Å². The molecule has 0 bridgehead atoms. The zero-order valence-electron chi connectivity index (χ0n) is 54.7. The van der Waals surface area contributed by atoms with Crippen LogP contribution in [0.2, 0.25) is 10.8 Å². The van der Waals surface area contributed by atoms with Gasteiger partial charge in [0.2, 0.25) is 11.4 Å². The minimum atomic E-state index is 0.992. The van der Waals surface area contributed by atoms with Gasteiger partial charge in [-0.1, -0.05) is 225 Å². The van der Waals surface area contributed by atoms with Crippen molar-refractivity contribution >= 4 is 11.4 Å². The Morgan fingerprint density at radius 2 is 0.575 bits per heavy atom. The first-order valence-electron chi connectivity index (χ1n) is 36.1. The topological polar surface area (TPSA) is 25.3 Å². The summed E-state index contributed by atoms with van der Waals surface area (Å²) in [5, 5.41) is 2.87. The Hall–Kier alpha value is -1.99. The number of benzene rings is 2. The summed E-state index contributed by atoms with van der Waals surface area (Å²) in [4.78, 5) is 0. The smallest absolute Gasteiger partial charge is 0.0654 e. The van der Waals surface area contributed by atoms with Gasteiger partial charge in [-0.05, 0) is 75.3 Å². The van der Waals surface area contributed by atoms with E-state index in [9.17, 15) is 5.53 Å². The Morgan fingerprint density at radius 1 is 0.300 bits per heavy atom. The summed E-state index contributed by atoms with van der Waals surface area (Å²) >= 11 is 2.05. The first-order valence-corrected chi connectivity index (χ1v) is 37.5. The molecule has 0 saturated heterocycles. The Kier molecular flexibility index (Phi) is 52.0. The van der Waals surface area contributed by atoms with Crippen molar-refractivity contribution in [2.45, 2.75) is 393 Å². The van der Waals surface area contributed by atoms with Crippen LogP contribution in [0.5, 0.6) is 0 Å². The molecule has 1 heterocycles. The van der Waals surface area contributed by atoms with Crippen LogP contribution in [0.3, 0.4) is 0 Å². The summed E-state index contributed by atoms with van der Waals surface area (Å²) < 4.78 is 1.52. The predicted molar refractivity (Wildman–Crippen MR) is 357 cm³/mol. The maximum absolute atomic E-state index is 11.7. The van der Waals surface area contributed by atoms with Gasteiger partial charge in [0.25, 0.3) is 0 Å². The molecule has 0 radical (unpaired) electrons. The molecule has 3 rings (SSSR count). The molecule has 0 saturated carbocycles. The second-order valence-corrected chi connectivity index (χ2v) is 26.7. The normalized spacial score (nSPS) is 12.7. The zero-order valence-corrected chi connectivity index (χ0v) is 55.7. The summed E-state index contributed by atoms with van der Waals surface area (Å²) in [6, 6.07) is 17.5. The van der Waals surface area contributed by atoms with Crippen LogP contribution in [0.25, 0.3) is 16.9 Å². The molecule has 0 fully saturated rings. The van der Waals surface area contributed by atoms with E-state index in [2.05, 4.69) is 105 Å². The molecule has 0 N–H and O–H groups in total. The van der Waals surface area contributed by atoms with Crippen LogP contribution in [0, 0.1) is 6.92 Å². The summed E-state index contributed by atoms with van der Waals surface area (Å²) in [6.45, 7) is 13.5. The van der Waals surface area contributed by atoms with Crippen molar-refractivity contribution in [3.05, 3.63) is 87.5 Å². The van der Waals surface area contributed by atoms with Crippen LogP contribution >= 0.6 is 0 Å². The first-order chi connectivity index (χ1) is 39.5. The first kappa shape index (κ1) is 74.1. The van der Waals surface area contributed by atoms with Crippen LogP contribution in [-0.4, -0.2) is 4.70 Å². The van der Waals surface area contributed by atoms with Gasteiger partial charge in [-0.15, -0.1) is 0 Å². The molecule has 464 valence electrons. The van der Waals surface area contributed by atoms with Gasteiger partial charge in [0, 0.05) is 22.3 Å². The molecule has 80 heavy (non-hydrogen) atoms. The number of hydrogen-bond acceptors (Lipinski definition) is 0. The van der Waals surface area contributed by atoms with Crippen molar-refractivity contribution in [1.29, 1.82) is 0 Å². The fraction of sp³-hybridized carbons (Fsp3) is 0.792. The van der Waals surface area contributed by atoms with Crippen molar-refractivity contribution in [3.63, 3.8) is 0 Å². The van der Waals surface area contributed by atoms with Gasteiger partial charge in [0.15, 0.2) is 0 Å². The summed E-state index contributed by atoms with van der Waals surface area (Å²) in [7, 11) is 0. The quantitative estimate of drug-likeness (QED) is 0.0358. The Morgan fingerprint density at radius 3 is 0.912 bits per heavy atom. The molecule has 0 amide bonds. The molecule has 3 heteroatoms. The van der Waals surface area contributed by atoms with Crippen LogP contribution in [0.1, 0.15) is 391 Å². The van der Waals surface area contributed by atoms with Gasteiger partial charge in [0.05, 0.1) is 0 Å². The van der Waals surface area contributed by atoms with Gasteiger partial charge in [-0.25, -0.2) is 4.70 Å². The van der Waals surface area contributed by atoms with E-state index in [0.717, 1.165) is 54.6 Å². The monoisotopic (exact) mass is 1150 g/mol. The van der Waals surface area contributed by atoms with Crippen molar-refractivity contribution in [1.82, 2.24) is 0 Å². The zero-order chi connectivity index (χ0) is 57.5. The fourth-order valence-corrected chi connectivity index (χ4v) is 13.4. The Balaban J connectivity index is 0.000000577. The van der Waals surface area contributed by atoms with Crippen molar-refractivity contribution in [2.75, 3.05) is 0 Å². The van der Waals surface area contributed by atoms with E-state index in [1.807, 2.05) is 0 Å². The van der Waals surface area contributed by atoms with Gasteiger partial charge in [-0.3, -0.25) is 0 Å². The van der Waals surface area contributed by atoms with Gasteiger partial charge >= 0.3 is 166 Å². The SMILES string of the molecule is CCCCCCC1=C(c2cccc(CCCC)c2)[N+](=[N-])C(c2cccc(C)c2)=C1CCCC.CCCCCCCCCCCCCCCCCCCCCC[CH2][Ni][CH2]CCCCCCCCCCCCCCCCCCCCCC. The molecule has 0 aliphatic carbocycles. The second kappa shape index (κ2) is 56.2. The molecule has 2 aromatic carbocycles. The summed E-state index contributed by atoms with van der Waals surface area (Å²) in [6.07, 6.45) is 75.0. The van der Waals surface area contributed by atoms with E-state index < -0.39 is 0 Å². The molecule has 0 atom stereocenters.